The van der Waals surface area contributed by atoms with Gasteiger partial charge in [0.05, 0.1) is 28.7 Å². The highest BCUT2D eigenvalue weighted by atomic mass is 35.5. The third-order valence-corrected chi connectivity index (χ3v) is 7.52. The van der Waals surface area contributed by atoms with E-state index in [9.17, 15) is 18.0 Å². The molecule has 1 aromatic heterocycles. The number of fused-ring (bicyclic) bond motifs is 1. The van der Waals surface area contributed by atoms with Crippen molar-refractivity contribution in [3.63, 3.8) is 0 Å². The van der Waals surface area contributed by atoms with Gasteiger partial charge in [-0.15, -0.1) is 0 Å². The van der Waals surface area contributed by atoms with Crippen LogP contribution in [0.25, 0.3) is 17.0 Å². The molecule has 3 aromatic rings. The van der Waals surface area contributed by atoms with E-state index in [4.69, 9.17) is 11.6 Å². The molecular weight excluding hydrogens is 537 g/mol. The molecule has 2 aliphatic heterocycles. The van der Waals surface area contributed by atoms with Gasteiger partial charge in [-0.1, -0.05) is 29.8 Å². The number of benzene rings is 2. The van der Waals surface area contributed by atoms with Crippen molar-refractivity contribution in [3.8, 4) is 0 Å². The molecule has 0 radical (unpaired) electrons. The van der Waals surface area contributed by atoms with E-state index in [1.807, 2.05) is 35.3 Å². The van der Waals surface area contributed by atoms with Crippen LogP contribution in [-0.2, 0) is 17.5 Å². The number of hydrogen-bond donors (Lipinski definition) is 1. The topological polar surface area (TPSA) is 65.8 Å². The fourth-order valence-electron chi connectivity index (χ4n) is 4.28. The summed E-state index contributed by atoms with van der Waals surface area (Å²) in [6.45, 7) is 2.40. The summed E-state index contributed by atoms with van der Waals surface area (Å²) in [5.41, 5.74) is 3.98. The van der Waals surface area contributed by atoms with Crippen molar-refractivity contribution in [2.24, 2.45) is 4.99 Å². The first-order valence-corrected chi connectivity index (χ1v) is 13.1. The lowest BCUT2D eigenvalue weighted by atomic mass is 10.1. The summed E-state index contributed by atoms with van der Waals surface area (Å²) in [5.74, 6) is -0.292. The van der Waals surface area contributed by atoms with Crippen molar-refractivity contribution in [3.05, 3.63) is 81.5 Å². The zero-order chi connectivity index (χ0) is 26.9. The Morgan fingerprint density at radius 1 is 1.24 bits per heavy atom. The van der Waals surface area contributed by atoms with Crippen LogP contribution in [0.5, 0.6) is 0 Å². The van der Waals surface area contributed by atoms with Crippen LogP contribution in [0, 0.1) is 0 Å². The molecule has 0 fully saturated rings. The number of thioether (sulfide) groups is 1. The summed E-state index contributed by atoms with van der Waals surface area (Å²) in [7, 11) is 1.92. The Morgan fingerprint density at radius 3 is 2.84 bits per heavy atom. The van der Waals surface area contributed by atoms with Gasteiger partial charge in [-0.05, 0) is 59.7 Å². The summed E-state index contributed by atoms with van der Waals surface area (Å²) in [6.07, 6.45) is 3.83. The largest absolute Gasteiger partial charge is 0.416 e. The number of nitrogens with zero attached hydrogens (tertiary/aromatic N) is 5. The molecule has 0 spiro atoms. The summed E-state index contributed by atoms with van der Waals surface area (Å²) in [4.78, 5) is 19.2. The number of halogens is 4. The molecule has 3 heterocycles. The second kappa shape index (κ2) is 10.8. The number of carbonyl (C=O) groups excluding carboxylic acids is 1. The first-order chi connectivity index (χ1) is 18.2. The standard InChI is InChI=1S/C26H24ClF3N6OS/c1-34(9-3-11-35-10-2-8-31-35)25-33-24(37)23(38-25)13-17-4-7-22-19(12-17)15-32-36(22)16-18-5-6-20(27)14-21(18)26(28,29)30/h2,4-7,10,12-15,31H,3,8-9,11,16H2,1H3/b23-13-. The summed E-state index contributed by atoms with van der Waals surface area (Å²) >= 11 is 7.13. The summed E-state index contributed by atoms with van der Waals surface area (Å²) in [5, 5.41) is 7.77. The highest BCUT2D eigenvalue weighted by Gasteiger charge is 2.33. The molecule has 0 saturated heterocycles. The van der Waals surface area contributed by atoms with Crippen LogP contribution in [0.15, 0.2) is 64.8 Å². The zero-order valence-electron chi connectivity index (χ0n) is 20.4. The van der Waals surface area contributed by atoms with Gasteiger partial charge in [0.25, 0.3) is 5.91 Å². The Hall–Kier alpha value is -3.28. The SMILES string of the molecule is CN(CCCN1C=CCN1)C1=NC(=O)/C(=C/c2ccc3c(cnn3Cc3ccc(Cl)cc3C(F)(F)F)c2)S1. The van der Waals surface area contributed by atoms with Crippen LogP contribution in [-0.4, -0.2) is 57.4 Å². The van der Waals surface area contributed by atoms with Crippen molar-refractivity contribution in [1.82, 2.24) is 25.1 Å². The van der Waals surface area contributed by atoms with E-state index >= 15 is 0 Å². The predicted octanol–water partition coefficient (Wildman–Crippen LogP) is 5.38. The lowest BCUT2D eigenvalue weighted by Gasteiger charge is -2.20. The predicted molar refractivity (Wildman–Crippen MR) is 144 cm³/mol. The second-order valence-corrected chi connectivity index (χ2v) is 10.4. The Balaban J connectivity index is 1.27. The molecule has 0 aliphatic carbocycles. The van der Waals surface area contributed by atoms with Gasteiger partial charge in [-0.2, -0.15) is 23.3 Å². The number of rotatable bonds is 7. The van der Waals surface area contributed by atoms with Gasteiger partial charge < -0.3 is 9.91 Å². The fraction of sp³-hybridized carbons (Fsp3) is 0.269. The third-order valence-electron chi connectivity index (χ3n) is 6.19. The molecule has 2 aromatic carbocycles. The van der Waals surface area contributed by atoms with Gasteiger partial charge in [0, 0.05) is 43.3 Å². The molecule has 0 atom stereocenters. The molecule has 12 heteroatoms. The average molecular weight is 561 g/mol. The lowest BCUT2D eigenvalue weighted by molar-refractivity contribution is -0.138. The van der Waals surface area contributed by atoms with Crippen LogP contribution < -0.4 is 5.43 Å². The number of amides is 1. The molecule has 198 valence electrons. The van der Waals surface area contributed by atoms with E-state index in [1.165, 1.54) is 28.6 Å². The monoisotopic (exact) mass is 560 g/mol. The van der Waals surface area contributed by atoms with Gasteiger partial charge in [0.1, 0.15) is 0 Å². The van der Waals surface area contributed by atoms with E-state index in [2.05, 4.69) is 21.6 Å². The minimum Gasteiger partial charge on any atom is -0.354 e. The first kappa shape index (κ1) is 26.3. The maximum absolute atomic E-state index is 13.5. The molecule has 0 saturated carbocycles. The van der Waals surface area contributed by atoms with Crippen molar-refractivity contribution >= 4 is 51.4 Å². The number of hydrazine groups is 1. The van der Waals surface area contributed by atoms with Gasteiger partial charge in [0.15, 0.2) is 5.17 Å². The van der Waals surface area contributed by atoms with Crippen LogP contribution in [0.3, 0.4) is 0 Å². The average Bonchev–Trinajstić information content (AvgIpc) is 3.61. The zero-order valence-corrected chi connectivity index (χ0v) is 21.9. The molecule has 7 nitrogen and oxygen atoms in total. The first-order valence-electron chi connectivity index (χ1n) is 11.9. The van der Waals surface area contributed by atoms with Crippen molar-refractivity contribution in [2.45, 2.75) is 19.1 Å². The number of alkyl halides is 3. The number of hydrogen-bond acceptors (Lipinski definition) is 6. The van der Waals surface area contributed by atoms with Gasteiger partial charge >= 0.3 is 6.18 Å². The number of amidine groups is 1. The highest BCUT2D eigenvalue weighted by Crippen LogP contribution is 2.35. The molecule has 1 N–H and O–H groups in total. The third kappa shape index (κ3) is 5.90. The van der Waals surface area contributed by atoms with E-state index in [1.54, 1.807) is 18.3 Å². The summed E-state index contributed by atoms with van der Waals surface area (Å²) in [6, 6.07) is 9.19. The Morgan fingerprint density at radius 2 is 2.08 bits per heavy atom. The minimum atomic E-state index is -4.52. The summed E-state index contributed by atoms with van der Waals surface area (Å²) < 4.78 is 42.0. The molecule has 0 bridgehead atoms. The maximum Gasteiger partial charge on any atom is 0.416 e. The van der Waals surface area contributed by atoms with Crippen LogP contribution in [0.4, 0.5) is 13.2 Å². The van der Waals surface area contributed by atoms with Crippen LogP contribution in [0.1, 0.15) is 23.1 Å². The molecule has 38 heavy (non-hydrogen) atoms. The Labute approximate surface area is 226 Å². The Kier molecular flexibility index (Phi) is 7.51. The van der Waals surface area contributed by atoms with Gasteiger partial charge in [0.2, 0.25) is 0 Å². The van der Waals surface area contributed by atoms with Crippen molar-refractivity contribution in [1.29, 1.82) is 0 Å². The van der Waals surface area contributed by atoms with Crippen LogP contribution in [0.2, 0.25) is 5.02 Å². The maximum atomic E-state index is 13.5. The van der Waals surface area contributed by atoms with E-state index in [-0.39, 0.29) is 23.0 Å². The van der Waals surface area contributed by atoms with Crippen molar-refractivity contribution in [2.75, 3.05) is 26.7 Å². The molecule has 2 aliphatic rings. The number of nitrogens with one attached hydrogen (secondary N) is 1. The molecular formula is C26H24ClF3N6OS. The van der Waals surface area contributed by atoms with Crippen LogP contribution >= 0.6 is 23.4 Å². The number of carbonyl (C=O) groups is 1. The van der Waals surface area contributed by atoms with E-state index in [0.29, 0.717) is 15.6 Å². The molecule has 0 unspecified atom stereocenters. The minimum absolute atomic E-state index is 0.0264. The fourth-order valence-corrected chi connectivity index (χ4v) is 5.35. The molecule has 1 amide bonds. The smallest absolute Gasteiger partial charge is 0.354 e. The number of aromatic nitrogens is 2. The van der Waals surface area contributed by atoms with E-state index in [0.717, 1.165) is 43.1 Å². The van der Waals surface area contributed by atoms with E-state index < -0.39 is 11.7 Å². The van der Waals surface area contributed by atoms with Crippen molar-refractivity contribution < 1.29 is 18.0 Å². The Bertz CT molecular complexity index is 1460. The molecule has 5 rings (SSSR count). The van der Waals surface area contributed by atoms with Gasteiger partial charge in [-0.3, -0.25) is 9.48 Å². The highest BCUT2D eigenvalue weighted by molar-refractivity contribution is 8.18. The quantitative estimate of drug-likeness (QED) is 0.391. The van der Waals surface area contributed by atoms with Gasteiger partial charge in [-0.25, -0.2) is 5.43 Å². The number of aliphatic imine (C=N–C) groups is 1. The normalized spacial score (nSPS) is 16.8. The second-order valence-electron chi connectivity index (χ2n) is 8.95. The lowest BCUT2D eigenvalue weighted by Crippen LogP contribution is -2.32.